The summed E-state index contributed by atoms with van der Waals surface area (Å²) in [6.07, 6.45) is -0.0750. The lowest BCUT2D eigenvalue weighted by Crippen LogP contribution is -2.51. The Morgan fingerprint density at radius 1 is 1.08 bits per heavy atom. The van der Waals surface area contributed by atoms with Crippen LogP contribution in [0.4, 0.5) is 13.2 Å². The number of rotatable bonds is 4. The van der Waals surface area contributed by atoms with Crippen LogP contribution in [0.1, 0.15) is 94.5 Å². The smallest absolute Gasteiger partial charge is 0.380 e. The average Bonchev–Trinajstić information content (AvgIpc) is 3.54. The molecule has 2 aliphatic heterocycles. The lowest BCUT2D eigenvalue weighted by Gasteiger charge is -2.40. The molecule has 1 aromatic heterocycles. The van der Waals surface area contributed by atoms with Gasteiger partial charge in [-0.05, 0) is 89.7 Å². The van der Waals surface area contributed by atoms with Crippen LogP contribution in [0.2, 0.25) is 0 Å². The number of fused-ring (bicyclic) bond motifs is 2. The normalized spacial score (nSPS) is 39.8. The maximum Gasteiger partial charge on any atom is 0.417 e. The third-order valence-corrected chi connectivity index (χ3v) is 12.3. The van der Waals surface area contributed by atoms with Gasteiger partial charge in [-0.1, -0.05) is 0 Å². The van der Waals surface area contributed by atoms with Gasteiger partial charge in [-0.3, -0.25) is 9.58 Å². The van der Waals surface area contributed by atoms with E-state index in [-0.39, 0.29) is 30.2 Å². The molecular weight excluding hydrogens is 491 g/mol. The Balaban J connectivity index is 1.14. The van der Waals surface area contributed by atoms with Gasteiger partial charge in [-0.2, -0.15) is 18.3 Å². The van der Waals surface area contributed by atoms with Crippen molar-refractivity contribution in [1.82, 2.24) is 14.7 Å². The number of hydrogen-bond acceptors (Lipinski definition) is 5. The van der Waals surface area contributed by atoms with Crippen LogP contribution in [0.3, 0.4) is 0 Å². The first-order chi connectivity index (χ1) is 16.8. The summed E-state index contributed by atoms with van der Waals surface area (Å²) >= 11 is 0. The fourth-order valence-electron chi connectivity index (χ4n) is 8.43. The van der Waals surface area contributed by atoms with Crippen molar-refractivity contribution in [3.8, 4) is 0 Å². The number of aliphatic hydroxyl groups is 1. The molecule has 0 amide bonds. The molecule has 3 heterocycles. The van der Waals surface area contributed by atoms with Crippen LogP contribution in [0, 0.1) is 17.3 Å². The van der Waals surface area contributed by atoms with Crippen LogP contribution in [-0.2, 0) is 9.84 Å². The molecule has 0 aromatic carbocycles. The quantitative estimate of drug-likeness (QED) is 0.625. The Morgan fingerprint density at radius 3 is 2.33 bits per heavy atom. The number of alkyl halides is 3. The molecule has 0 radical (unpaired) electrons. The molecule has 6 nitrogen and oxygen atoms in total. The lowest BCUT2D eigenvalue weighted by molar-refractivity contribution is -0.270. The topological polar surface area (TPSA) is 75.4 Å². The summed E-state index contributed by atoms with van der Waals surface area (Å²) in [4.78, 5) is 2.57. The van der Waals surface area contributed by atoms with Crippen LogP contribution in [-0.4, -0.2) is 70.6 Å². The largest absolute Gasteiger partial charge is 0.417 e. The predicted octanol–water partition coefficient (Wildman–Crippen LogP) is 4.42. The number of likely N-dealkylation sites (tertiary alicyclic amines) is 1. The molecule has 6 rings (SSSR count). The zero-order chi connectivity index (χ0) is 25.7. The van der Waals surface area contributed by atoms with E-state index >= 15 is 0 Å². The van der Waals surface area contributed by atoms with Crippen LogP contribution in [0.5, 0.6) is 0 Å². The zero-order valence-corrected chi connectivity index (χ0v) is 22.0. The van der Waals surface area contributed by atoms with E-state index in [1.165, 1.54) is 12.1 Å². The van der Waals surface area contributed by atoms with Crippen LogP contribution in [0.25, 0.3) is 0 Å². The van der Waals surface area contributed by atoms with Gasteiger partial charge in [0.15, 0.2) is 15.4 Å². The molecule has 5 aliphatic rings. The summed E-state index contributed by atoms with van der Waals surface area (Å²) in [6, 6.07) is 2.88. The molecule has 3 saturated carbocycles. The summed E-state index contributed by atoms with van der Waals surface area (Å²) in [6.45, 7) is 6.14. The van der Waals surface area contributed by atoms with E-state index in [0.29, 0.717) is 48.1 Å². The minimum absolute atomic E-state index is 0.00347. The minimum Gasteiger partial charge on any atom is -0.380 e. The van der Waals surface area contributed by atoms with Crippen molar-refractivity contribution >= 4 is 9.84 Å². The predicted molar refractivity (Wildman–Crippen MR) is 129 cm³/mol. The number of halogens is 3. The highest BCUT2D eigenvalue weighted by molar-refractivity contribution is 7.92. The molecular formula is C26H38F3N3O3S. The zero-order valence-electron chi connectivity index (χ0n) is 21.2. The Kier molecular flexibility index (Phi) is 5.72. The number of nitrogens with zero attached hydrogens (tertiary/aromatic N) is 3. The second-order valence-electron chi connectivity index (χ2n) is 13.0. The SMILES string of the molecule is CC(C)n1nc(C2CCC(O)(C(F)(F)F)CC2)cc1[C@@H]1CC2C[C@H]1C[C@H]2N1CCC2(C1)CS(=O)(=O)C2. The van der Waals surface area contributed by atoms with Crippen molar-refractivity contribution in [2.45, 2.75) is 101 Å². The van der Waals surface area contributed by atoms with E-state index in [1.807, 2.05) is 0 Å². The molecule has 4 atom stereocenters. The van der Waals surface area contributed by atoms with E-state index < -0.39 is 21.6 Å². The van der Waals surface area contributed by atoms with E-state index in [4.69, 9.17) is 5.10 Å². The molecule has 1 N–H and O–H groups in total. The number of sulfone groups is 1. The lowest BCUT2D eigenvalue weighted by atomic mass is 9.77. The monoisotopic (exact) mass is 529 g/mol. The molecule has 5 fully saturated rings. The highest BCUT2D eigenvalue weighted by atomic mass is 32.2. The van der Waals surface area contributed by atoms with Crippen molar-refractivity contribution in [3.05, 3.63) is 17.5 Å². The van der Waals surface area contributed by atoms with E-state index in [1.54, 1.807) is 0 Å². The Hall–Kier alpha value is -1.13. The van der Waals surface area contributed by atoms with Crippen molar-refractivity contribution < 1.29 is 26.7 Å². The Morgan fingerprint density at radius 2 is 1.78 bits per heavy atom. The minimum atomic E-state index is -4.58. The molecule has 10 heteroatoms. The highest BCUT2D eigenvalue weighted by Crippen LogP contribution is 2.56. The standard InChI is InChI=1S/C26H38F3N3O3S/c1-16(2)32-23(12-21(30-32)17-3-5-25(33,6-4-17)26(27,28)29)20-10-19-9-18(20)11-22(19)31-8-7-24(13-31)14-36(34,35)15-24/h12,16-20,22,33H,3-11,13-15H2,1-2H3/t17?,18-,19?,20+,22+,25?/m0/s1. The second kappa shape index (κ2) is 8.18. The first kappa shape index (κ1) is 25.2. The molecule has 3 aliphatic carbocycles. The van der Waals surface area contributed by atoms with E-state index in [9.17, 15) is 26.7 Å². The van der Waals surface area contributed by atoms with Crippen molar-refractivity contribution in [1.29, 1.82) is 0 Å². The van der Waals surface area contributed by atoms with Gasteiger partial charge in [-0.15, -0.1) is 0 Å². The van der Waals surface area contributed by atoms with Gasteiger partial charge < -0.3 is 5.11 Å². The third-order valence-electron chi connectivity index (χ3n) is 10.2. The molecule has 1 spiro atoms. The maximum absolute atomic E-state index is 13.3. The van der Waals surface area contributed by atoms with Gasteiger partial charge in [0, 0.05) is 41.6 Å². The molecule has 2 bridgehead atoms. The summed E-state index contributed by atoms with van der Waals surface area (Å²) < 4.78 is 65.5. The van der Waals surface area contributed by atoms with Crippen molar-refractivity contribution in [2.75, 3.05) is 24.6 Å². The van der Waals surface area contributed by atoms with Crippen LogP contribution in [0.15, 0.2) is 6.07 Å². The highest BCUT2D eigenvalue weighted by Gasteiger charge is 2.57. The second-order valence-corrected chi connectivity index (χ2v) is 15.1. The Labute approximate surface area is 211 Å². The van der Waals surface area contributed by atoms with Crippen LogP contribution < -0.4 is 0 Å². The van der Waals surface area contributed by atoms with E-state index in [0.717, 1.165) is 38.0 Å². The molecule has 1 aromatic rings. The molecule has 1 unspecified atom stereocenters. The molecule has 2 saturated heterocycles. The van der Waals surface area contributed by atoms with Gasteiger partial charge in [0.2, 0.25) is 0 Å². The number of hydrogen-bond donors (Lipinski definition) is 1. The van der Waals surface area contributed by atoms with Gasteiger partial charge in [0.1, 0.15) is 0 Å². The first-order valence-corrected chi connectivity index (χ1v) is 15.4. The average molecular weight is 530 g/mol. The fourth-order valence-corrected chi connectivity index (χ4v) is 10.7. The van der Waals surface area contributed by atoms with Crippen molar-refractivity contribution in [2.24, 2.45) is 17.3 Å². The van der Waals surface area contributed by atoms with Gasteiger partial charge in [0.05, 0.1) is 17.2 Å². The maximum atomic E-state index is 13.3. The van der Waals surface area contributed by atoms with Gasteiger partial charge in [0.25, 0.3) is 0 Å². The summed E-state index contributed by atoms with van der Waals surface area (Å²) in [5, 5.41) is 15.0. The third kappa shape index (κ3) is 4.04. The van der Waals surface area contributed by atoms with Gasteiger partial charge in [-0.25, -0.2) is 8.42 Å². The Bertz CT molecular complexity index is 1110. The van der Waals surface area contributed by atoms with E-state index in [2.05, 4.69) is 29.5 Å². The first-order valence-electron chi connectivity index (χ1n) is 13.6. The summed E-state index contributed by atoms with van der Waals surface area (Å²) in [7, 11) is -2.82. The molecule has 36 heavy (non-hydrogen) atoms. The fraction of sp³-hybridized carbons (Fsp3) is 0.885. The summed E-state index contributed by atoms with van der Waals surface area (Å²) in [5.74, 6) is 2.28. The molecule has 202 valence electrons. The number of aromatic nitrogens is 2. The van der Waals surface area contributed by atoms with Crippen molar-refractivity contribution in [3.63, 3.8) is 0 Å². The van der Waals surface area contributed by atoms with Gasteiger partial charge >= 0.3 is 6.18 Å². The summed E-state index contributed by atoms with van der Waals surface area (Å²) in [5.41, 5.74) is -0.450. The van der Waals surface area contributed by atoms with Crippen LogP contribution >= 0.6 is 0 Å².